The van der Waals surface area contributed by atoms with Gasteiger partial charge in [0.2, 0.25) is 5.78 Å². The van der Waals surface area contributed by atoms with Gasteiger partial charge in [-0.1, -0.05) is 0 Å². The minimum atomic E-state index is -2.51. The third-order valence-corrected chi connectivity index (χ3v) is 3.00. The molecule has 2 aromatic rings. The maximum absolute atomic E-state index is 12.3. The highest BCUT2D eigenvalue weighted by molar-refractivity contribution is 7.14. The number of aromatic amines is 1. The Balaban J connectivity index is 2.27. The van der Waals surface area contributed by atoms with Crippen LogP contribution in [0.5, 0.6) is 0 Å². The lowest BCUT2D eigenvalue weighted by molar-refractivity contribution is 0.103. The van der Waals surface area contributed by atoms with Crippen molar-refractivity contribution in [1.29, 1.82) is 0 Å². The average Bonchev–Trinajstić information content (AvgIpc) is 2.88. The number of carbonyl (C=O) groups excluding carboxylic acids is 1. The van der Waals surface area contributed by atoms with Crippen LogP contribution >= 0.6 is 11.3 Å². The van der Waals surface area contributed by atoms with Crippen LogP contribution < -0.4 is 0 Å². The second-order valence-corrected chi connectivity index (χ2v) is 4.03. The average molecular weight is 227 g/mol. The first-order valence-electron chi connectivity index (χ1n) is 4.24. The van der Waals surface area contributed by atoms with Crippen molar-refractivity contribution in [3.63, 3.8) is 0 Å². The van der Waals surface area contributed by atoms with E-state index in [4.69, 9.17) is 0 Å². The molecular formula is C10H7F2NOS. The quantitative estimate of drug-likeness (QED) is 0.802. The Bertz CT molecular complexity index is 461. The number of thiophene rings is 1. The number of carbonyl (C=O) groups is 1. The predicted octanol–water partition coefficient (Wildman–Crippen LogP) is 3.24. The summed E-state index contributed by atoms with van der Waals surface area (Å²) in [6.07, 6.45) is -0.894. The molecule has 0 bridgehead atoms. The van der Waals surface area contributed by atoms with Gasteiger partial charge in [-0.25, -0.2) is 8.78 Å². The lowest BCUT2D eigenvalue weighted by Crippen LogP contribution is -1.97. The van der Waals surface area contributed by atoms with Crippen molar-refractivity contribution in [1.82, 2.24) is 4.98 Å². The van der Waals surface area contributed by atoms with Gasteiger partial charge in [0.15, 0.2) is 0 Å². The molecule has 0 fully saturated rings. The van der Waals surface area contributed by atoms with Gasteiger partial charge in [0.25, 0.3) is 6.43 Å². The maximum Gasteiger partial charge on any atom is 0.272 e. The van der Waals surface area contributed by atoms with E-state index in [-0.39, 0.29) is 10.7 Å². The molecule has 0 aromatic carbocycles. The number of rotatable bonds is 3. The number of halogens is 2. The Morgan fingerprint density at radius 1 is 1.33 bits per heavy atom. The Morgan fingerprint density at radius 2 is 2.13 bits per heavy atom. The number of hydrogen-bond acceptors (Lipinski definition) is 2. The summed E-state index contributed by atoms with van der Waals surface area (Å²) >= 11 is 0.828. The maximum atomic E-state index is 12.3. The summed E-state index contributed by atoms with van der Waals surface area (Å²) in [6, 6.07) is 6.01. The first-order chi connectivity index (χ1) is 7.18. The van der Waals surface area contributed by atoms with Gasteiger partial charge < -0.3 is 4.98 Å². The van der Waals surface area contributed by atoms with E-state index in [0.29, 0.717) is 10.6 Å². The number of hydrogen-bond donors (Lipinski definition) is 1. The van der Waals surface area contributed by atoms with Crippen LogP contribution in [0.4, 0.5) is 8.78 Å². The molecular weight excluding hydrogens is 220 g/mol. The molecule has 0 amide bonds. The summed E-state index contributed by atoms with van der Waals surface area (Å²) in [7, 11) is 0. The Morgan fingerprint density at radius 3 is 2.67 bits per heavy atom. The zero-order valence-corrected chi connectivity index (χ0v) is 8.35. The first kappa shape index (κ1) is 10.0. The van der Waals surface area contributed by atoms with Crippen molar-refractivity contribution in [2.45, 2.75) is 6.43 Å². The molecule has 1 N–H and O–H groups in total. The van der Waals surface area contributed by atoms with Gasteiger partial charge in [-0.15, -0.1) is 11.3 Å². The lowest BCUT2D eigenvalue weighted by Gasteiger charge is -1.93. The van der Waals surface area contributed by atoms with Crippen molar-refractivity contribution in [3.8, 4) is 0 Å². The number of aromatic nitrogens is 1. The third-order valence-electron chi connectivity index (χ3n) is 1.91. The van der Waals surface area contributed by atoms with Crippen molar-refractivity contribution < 1.29 is 13.6 Å². The molecule has 2 heterocycles. The molecule has 0 unspecified atom stereocenters. The van der Waals surface area contributed by atoms with E-state index in [1.54, 1.807) is 18.3 Å². The lowest BCUT2D eigenvalue weighted by atomic mass is 10.2. The van der Waals surface area contributed by atoms with Crippen molar-refractivity contribution in [2.24, 2.45) is 0 Å². The van der Waals surface area contributed by atoms with E-state index in [0.717, 1.165) is 11.3 Å². The molecule has 0 saturated heterocycles. The summed E-state index contributed by atoms with van der Waals surface area (Å²) in [5.74, 6) is -0.253. The summed E-state index contributed by atoms with van der Waals surface area (Å²) in [4.78, 5) is 14.7. The van der Waals surface area contributed by atoms with Gasteiger partial charge in [0.1, 0.15) is 0 Å². The smallest absolute Gasteiger partial charge is 0.272 e. The van der Waals surface area contributed by atoms with Crippen LogP contribution in [0.1, 0.15) is 26.7 Å². The van der Waals surface area contributed by atoms with E-state index in [1.807, 2.05) is 0 Å². The number of alkyl halides is 2. The van der Waals surface area contributed by atoms with E-state index < -0.39 is 6.43 Å². The monoisotopic (exact) mass is 227 g/mol. The van der Waals surface area contributed by atoms with Crippen LogP contribution in [0.15, 0.2) is 30.5 Å². The normalized spacial score (nSPS) is 10.9. The Labute approximate surface area is 88.6 Å². The summed E-state index contributed by atoms with van der Waals surface area (Å²) in [6.45, 7) is 0. The fourth-order valence-electron chi connectivity index (χ4n) is 1.20. The highest BCUT2D eigenvalue weighted by Gasteiger charge is 2.16. The molecule has 78 valence electrons. The fourth-order valence-corrected chi connectivity index (χ4v) is 2.01. The zero-order valence-electron chi connectivity index (χ0n) is 7.54. The molecule has 0 saturated carbocycles. The second kappa shape index (κ2) is 3.94. The number of nitrogens with one attached hydrogen (secondary N) is 1. The molecule has 0 aliphatic carbocycles. The zero-order chi connectivity index (χ0) is 10.8. The summed E-state index contributed by atoms with van der Waals surface area (Å²) in [5.41, 5.74) is 0.415. The van der Waals surface area contributed by atoms with Crippen LogP contribution in [-0.2, 0) is 0 Å². The molecule has 0 atom stereocenters. The Hall–Kier alpha value is -1.49. The first-order valence-corrected chi connectivity index (χ1v) is 5.06. The van der Waals surface area contributed by atoms with E-state index in [9.17, 15) is 13.6 Å². The van der Waals surface area contributed by atoms with Gasteiger partial charge in [-0.2, -0.15) is 0 Å². The van der Waals surface area contributed by atoms with E-state index in [1.165, 1.54) is 12.1 Å². The van der Waals surface area contributed by atoms with E-state index >= 15 is 0 Å². The van der Waals surface area contributed by atoms with Gasteiger partial charge in [0.05, 0.1) is 15.4 Å². The minimum absolute atomic E-state index is 0.0788. The van der Waals surface area contributed by atoms with Crippen molar-refractivity contribution in [3.05, 3.63) is 45.9 Å². The van der Waals surface area contributed by atoms with Gasteiger partial charge in [-0.05, 0) is 24.3 Å². The van der Waals surface area contributed by atoms with Crippen LogP contribution in [-0.4, -0.2) is 10.8 Å². The largest absolute Gasteiger partial charge is 0.358 e. The standard InChI is InChI=1S/C10H7F2NOS/c11-10(12)8-4-3-7(15-8)9(14)6-2-1-5-13-6/h1-5,10,13H. The molecule has 0 aliphatic heterocycles. The molecule has 2 rings (SSSR count). The van der Waals surface area contributed by atoms with Gasteiger partial charge >= 0.3 is 0 Å². The molecule has 0 radical (unpaired) electrons. The van der Waals surface area contributed by atoms with Crippen molar-refractivity contribution >= 4 is 17.1 Å². The SMILES string of the molecule is O=C(c1ccc[nH]1)c1ccc(C(F)F)s1. The molecule has 15 heavy (non-hydrogen) atoms. The highest BCUT2D eigenvalue weighted by atomic mass is 32.1. The van der Waals surface area contributed by atoms with Crippen LogP contribution in [0.2, 0.25) is 0 Å². The molecule has 2 aromatic heterocycles. The predicted molar refractivity (Wildman–Crippen MR) is 53.5 cm³/mol. The molecule has 0 spiro atoms. The molecule has 5 heteroatoms. The van der Waals surface area contributed by atoms with Crippen LogP contribution in [0.25, 0.3) is 0 Å². The number of ketones is 1. The molecule has 2 nitrogen and oxygen atoms in total. The third kappa shape index (κ3) is 1.97. The van der Waals surface area contributed by atoms with Gasteiger partial charge in [0, 0.05) is 6.20 Å². The topological polar surface area (TPSA) is 32.9 Å². The number of H-pyrrole nitrogens is 1. The summed E-state index contributed by atoms with van der Waals surface area (Å²) < 4.78 is 24.6. The highest BCUT2D eigenvalue weighted by Crippen LogP contribution is 2.27. The Kier molecular flexibility index (Phi) is 2.64. The van der Waals surface area contributed by atoms with Crippen molar-refractivity contribution in [2.75, 3.05) is 0 Å². The fraction of sp³-hybridized carbons (Fsp3) is 0.100. The van der Waals surface area contributed by atoms with Crippen LogP contribution in [0.3, 0.4) is 0 Å². The van der Waals surface area contributed by atoms with Gasteiger partial charge in [-0.3, -0.25) is 4.79 Å². The second-order valence-electron chi connectivity index (χ2n) is 2.92. The van der Waals surface area contributed by atoms with Crippen LogP contribution in [0, 0.1) is 0 Å². The van der Waals surface area contributed by atoms with E-state index in [2.05, 4.69) is 4.98 Å². The molecule has 0 aliphatic rings. The summed E-state index contributed by atoms with van der Waals surface area (Å²) in [5, 5.41) is 0. The minimum Gasteiger partial charge on any atom is -0.358 e.